The number of aryl methyl sites for hydroxylation is 1. The number of hydrogen-bond acceptors (Lipinski definition) is 1. The predicted molar refractivity (Wildman–Crippen MR) is 68.4 cm³/mol. The van der Waals surface area contributed by atoms with Gasteiger partial charge >= 0.3 is 0 Å². The fourth-order valence-corrected chi connectivity index (χ4v) is 2.45. The average molecular weight is 304 g/mol. The third kappa shape index (κ3) is 2.17. The Morgan fingerprint density at radius 3 is 2.73 bits per heavy atom. The molecule has 2 rings (SSSR count). The molecule has 0 bridgehead atoms. The zero-order chi connectivity index (χ0) is 11.0. The van der Waals surface area contributed by atoms with Gasteiger partial charge in [0.15, 0.2) is 4.77 Å². The van der Waals surface area contributed by atoms with Crippen molar-refractivity contribution in [1.29, 1.82) is 0 Å². The minimum Gasteiger partial charge on any atom is -0.335 e. The van der Waals surface area contributed by atoms with E-state index in [1.807, 2.05) is 35.9 Å². The van der Waals surface area contributed by atoms with Crippen LogP contribution in [0.5, 0.6) is 0 Å². The summed E-state index contributed by atoms with van der Waals surface area (Å²) in [6.45, 7) is 1.96. The summed E-state index contributed by atoms with van der Waals surface area (Å²) in [5.41, 5.74) is 1.90. The highest BCUT2D eigenvalue weighted by atomic mass is 79.9. The number of nitrogens with zero attached hydrogens (tertiary/aromatic N) is 1. The molecule has 0 aliphatic heterocycles. The Balaban J connectivity index is 2.64. The van der Waals surface area contributed by atoms with E-state index in [1.54, 1.807) is 0 Å². The summed E-state index contributed by atoms with van der Waals surface area (Å²) >= 11 is 14.7. The van der Waals surface area contributed by atoms with Crippen molar-refractivity contribution < 1.29 is 0 Å². The molecule has 0 spiro atoms. The summed E-state index contributed by atoms with van der Waals surface area (Å²) in [4.78, 5) is 3.06. The zero-order valence-electron chi connectivity index (χ0n) is 7.92. The molecule has 2 nitrogen and oxygen atoms in total. The second-order valence-electron chi connectivity index (χ2n) is 3.21. The molecule has 15 heavy (non-hydrogen) atoms. The van der Waals surface area contributed by atoms with E-state index in [0.29, 0.717) is 9.79 Å². The van der Waals surface area contributed by atoms with Crippen LogP contribution in [0.15, 0.2) is 28.9 Å². The molecule has 78 valence electrons. The summed E-state index contributed by atoms with van der Waals surface area (Å²) in [7, 11) is 0. The summed E-state index contributed by atoms with van der Waals surface area (Å²) in [5, 5.41) is 0.666. The monoisotopic (exact) mass is 302 g/mol. The van der Waals surface area contributed by atoms with Crippen molar-refractivity contribution in [3.05, 3.63) is 44.4 Å². The van der Waals surface area contributed by atoms with Crippen LogP contribution in [-0.2, 0) is 0 Å². The molecule has 1 aromatic heterocycles. The van der Waals surface area contributed by atoms with Crippen molar-refractivity contribution in [2.24, 2.45) is 0 Å². The lowest BCUT2D eigenvalue weighted by Crippen LogP contribution is -1.92. The highest BCUT2D eigenvalue weighted by molar-refractivity contribution is 9.10. The molecule has 0 atom stereocenters. The summed E-state index contributed by atoms with van der Waals surface area (Å²) in [6, 6.07) is 5.71. The molecule has 0 unspecified atom stereocenters. The predicted octanol–water partition coefficient (Wildman–Crippen LogP) is 4.26. The van der Waals surface area contributed by atoms with Crippen molar-refractivity contribution in [2.75, 3.05) is 0 Å². The Morgan fingerprint density at radius 2 is 2.20 bits per heavy atom. The first-order valence-corrected chi connectivity index (χ1v) is 5.89. The molecule has 0 amide bonds. The van der Waals surface area contributed by atoms with Gasteiger partial charge in [-0.15, -0.1) is 0 Å². The number of aromatic amines is 1. The Morgan fingerprint density at radius 1 is 1.47 bits per heavy atom. The summed E-state index contributed by atoms with van der Waals surface area (Å²) < 4.78 is 3.46. The topological polar surface area (TPSA) is 20.7 Å². The molecule has 0 saturated carbocycles. The van der Waals surface area contributed by atoms with Crippen LogP contribution in [0.4, 0.5) is 0 Å². The summed E-state index contributed by atoms with van der Waals surface area (Å²) in [6.07, 6.45) is 1.93. The van der Waals surface area contributed by atoms with Gasteiger partial charge in [-0.05, 0) is 37.3 Å². The van der Waals surface area contributed by atoms with Crippen LogP contribution in [-0.4, -0.2) is 9.55 Å². The second kappa shape index (κ2) is 4.12. The van der Waals surface area contributed by atoms with Crippen LogP contribution in [0, 0.1) is 11.7 Å². The number of nitrogens with one attached hydrogen (secondary N) is 1. The van der Waals surface area contributed by atoms with Gasteiger partial charge in [0.2, 0.25) is 0 Å². The number of benzene rings is 1. The third-order valence-corrected chi connectivity index (χ3v) is 3.11. The minimum atomic E-state index is 0.650. The number of hydrogen-bond donors (Lipinski definition) is 1. The van der Waals surface area contributed by atoms with Gasteiger partial charge in [0.25, 0.3) is 0 Å². The quantitative estimate of drug-likeness (QED) is 0.781. The maximum Gasteiger partial charge on any atom is 0.182 e. The standard InChI is InChI=1S/C10H8BrClN2S/c1-6-5-14(10(15)13-6)9-3-2-7(11)4-8(9)12/h2-5H,1H3,(H,13,15). The Bertz CT molecular complexity index is 559. The fraction of sp³-hybridized carbons (Fsp3) is 0.100. The van der Waals surface area contributed by atoms with E-state index >= 15 is 0 Å². The van der Waals surface area contributed by atoms with Crippen molar-refractivity contribution in [3.8, 4) is 5.69 Å². The number of halogens is 2. The molecule has 1 heterocycles. The van der Waals surface area contributed by atoms with Crippen molar-refractivity contribution in [2.45, 2.75) is 6.92 Å². The van der Waals surface area contributed by atoms with Crippen LogP contribution in [0.3, 0.4) is 0 Å². The highest BCUT2D eigenvalue weighted by Crippen LogP contribution is 2.25. The second-order valence-corrected chi connectivity index (χ2v) is 4.92. The minimum absolute atomic E-state index is 0.650. The van der Waals surface area contributed by atoms with Crippen molar-refractivity contribution >= 4 is 39.7 Å². The number of aromatic nitrogens is 2. The molecule has 0 aliphatic carbocycles. The lowest BCUT2D eigenvalue weighted by atomic mass is 10.3. The first-order chi connectivity index (χ1) is 7.08. The van der Waals surface area contributed by atoms with Crippen LogP contribution < -0.4 is 0 Å². The highest BCUT2D eigenvalue weighted by Gasteiger charge is 2.05. The maximum atomic E-state index is 6.13. The molecule has 0 aliphatic rings. The Labute approximate surface area is 106 Å². The summed E-state index contributed by atoms with van der Waals surface area (Å²) in [5.74, 6) is 0. The van der Waals surface area contributed by atoms with Gasteiger partial charge in [-0.3, -0.25) is 4.57 Å². The average Bonchev–Trinajstić information content (AvgIpc) is 2.45. The van der Waals surface area contributed by atoms with Crippen molar-refractivity contribution in [1.82, 2.24) is 9.55 Å². The van der Waals surface area contributed by atoms with Crippen LogP contribution in [0.2, 0.25) is 5.02 Å². The van der Waals surface area contributed by atoms with Crippen LogP contribution in [0.25, 0.3) is 5.69 Å². The number of rotatable bonds is 1. The molecule has 5 heteroatoms. The zero-order valence-corrected chi connectivity index (χ0v) is 11.1. The van der Waals surface area contributed by atoms with Gasteiger partial charge < -0.3 is 4.98 Å². The molecular weight excluding hydrogens is 296 g/mol. The number of H-pyrrole nitrogens is 1. The first kappa shape index (κ1) is 10.9. The van der Waals surface area contributed by atoms with Gasteiger partial charge in [0, 0.05) is 16.4 Å². The molecule has 1 N–H and O–H groups in total. The number of imidazole rings is 1. The van der Waals surface area contributed by atoms with E-state index in [4.69, 9.17) is 23.8 Å². The lowest BCUT2D eigenvalue weighted by Gasteiger charge is -2.04. The lowest BCUT2D eigenvalue weighted by molar-refractivity contribution is 1.03. The van der Waals surface area contributed by atoms with Gasteiger partial charge in [-0.1, -0.05) is 27.5 Å². The largest absolute Gasteiger partial charge is 0.335 e. The van der Waals surface area contributed by atoms with E-state index in [1.165, 1.54) is 0 Å². The maximum absolute atomic E-state index is 6.13. The van der Waals surface area contributed by atoms with E-state index in [0.717, 1.165) is 15.9 Å². The van der Waals surface area contributed by atoms with Crippen LogP contribution in [0.1, 0.15) is 5.69 Å². The van der Waals surface area contributed by atoms with E-state index in [9.17, 15) is 0 Å². The first-order valence-electron chi connectivity index (χ1n) is 4.31. The van der Waals surface area contributed by atoms with Gasteiger partial charge in [-0.2, -0.15) is 0 Å². The molecular formula is C10H8BrClN2S. The molecule has 1 aromatic carbocycles. The Kier molecular flexibility index (Phi) is 3.00. The van der Waals surface area contributed by atoms with Gasteiger partial charge in [-0.25, -0.2) is 0 Å². The van der Waals surface area contributed by atoms with E-state index in [-0.39, 0.29) is 0 Å². The smallest absolute Gasteiger partial charge is 0.182 e. The van der Waals surface area contributed by atoms with E-state index in [2.05, 4.69) is 20.9 Å². The molecule has 2 aromatic rings. The Hall–Kier alpha value is -0.580. The third-order valence-electron chi connectivity index (χ3n) is 2.01. The van der Waals surface area contributed by atoms with E-state index < -0.39 is 0 Å². The normalized spacial score (nSPS) is 10.6. The SMILES string of the molecule is Cc1cn(-c2ccc(Br)cc2Cl)c(=S)[nH]1. The molecule has 0 fully saturated rings. The molecule has 0 radical (unpaired) electrons. The van der Waals surface area contributed by atoms with Crippen LogP contribution >= 0.6 is 39.7 Å². The fourth-order valence-electron chi connectivity index (χ4n) is 1.37. The van der Waals surface area contributed by atoms with Crippen molar-refractivity contribution in [3.63, 3.8) is 0 Å². The molecule has 0 saturated heterocycles. The van der Waals surface area contributed by atoms with Gasteiger partial charge in [0.05, 0.1) is 10.7 Å². The van der Waals surface area contributed by atoms with Gasteiger partial charge in [0.1, 0.15) is 0 Å².